The van der Waals surface area contributed by atoms with E-state index < -0.39 is 0 Å². The van der Waals surface area contributed by atoms with Gasteiger partial charge in [-0.2, -0.15) is 5.10 Å². The van der Waals surface area contributed by atoms with Gasteiger partial charge in [0.2, 0.25) is 0 Å². The molecule has 4 aromatic rings. The fourth-order valence-corrected chi connectivity index (χ4v) is 4.56. The summed E-state index contributed by atoms with van der Waals surface area (Å²) in [4.78, 5) is 9.52. The van der Waals surface area contributed by atoms with Gasteiger partial charge in [-0.3, -0.25) is 15.0 Å². The summed E-state index contributed by atoms with van der Waals surface area (Å²) in [6.07, 6.45) is 3.75. The number of anilines is 1. The van der Waals surface area contributed by atoms with Crippen LogP contribution in [0, 0.1) is 12.7 Å². The number of aromatic amines is 1. The predicted molar refractivity (Wildman–Crippen MR) is 132 cm³/mol. The van der Waals surface area contributed by atoms with E-state index in [1.807, 2.05) is 12.3 Å². The molecule has 1 atom stereocenters. The molecule has 0 radical (unpaired) electrons. The SMILES string of the molecule is Cc1[nH]ncc1C(c1ccccc1)N1CCN(c2cccnc2-c2ccc(F)cc2)CC1.Cl. The Kier molecular flexibility index (Phi) is 7.06. The Balaban J connectivity index is 0.00000259. The zero-order chi connectivity index (χ0) is 21.9. The first kappa shape index (κ1) is 23.0. The van der Waals surface area contributed by atoms with Crippen LogP contribution in [-0.4, -0.2) is 46.3 Å². The van der Waals surface area contributed by atoms with E-state index in [9.17, 15) is 4.39 Å². The summed E-state index contributed by atoms with van der Waals surface area (Å²) in [7, 11) is 0. The van der Waals surface area contributed by atoms with E-state index in [0.717, 1.165) is 48.8 Å². The maximum Gasteiger partial charge on any atom is 0.123 e. The molecule has 3 heterocycles. The lowest BCUT2D eigenvalue weighted by molar-refractivity contribution is 0.212. The molecule has 1 aliphatic heterocycles. The smallest absolute Gasteiger partial charge is 0.123 e. The number of nitrogens with zero attached hydrogens (tertiary/aromatic N) is 4. The summed E-state index contributed by atoms with van der Waals surface area (Å²) in [5.41, 5.74) is 6.52. The van der Waals surface area contributed by atoms with Crippen molar-refractivity contribution in [1.82, 2.24) is 20.1 Å². The Morgan fingerprint density at radius 2 is 1.64 bits per heavy atom. The number of benzene rings is 2. The highest BCUT2D eigenvalue weighted by atomic mass is 35.5. The highest BCUT2D eigenvalue weighted by Gasteiger charge is 2.29. The number of rotatable bonds is 5. The van der Waals surface area contributed by atoms with Crippen molar-refractivity contribution < 1.29 is 4.39 Å². The highest BCUT2D eigenvalue weighted by Crippen LogP contribution is 2.33. The van der Waals surface area contributed by atoms with Crippen LogP contribution in [0.4, 0.5) is 10.1 Å². The number of H-pyrrole nitrogens is 1. The molecule has 33 heavy (non-hydrogen) atoms. The first-order valence-electron chi connectivity index (χ1n) is 11.0. The molecule has 5 rings (SSSR count). The van der Waals surface area contributed by atoms with Crippen molar-refractivity contribution >= 4 is 18.1 Å². The van der Waals surface area contributed by atoms with E-state index in [1.165, 1.54) is 23.3 Å². The van der Waals surface area contributed by atoms with E-state index in [1.54, 1.807) is 18.3 Å². The van der Waals surface area contributed by atoms with Crippen LogP contribution < -0.4 is 4.90 Å². The lowest BCUT2D eigenvalue weighted by Crippen LogP contribution is -2.48. The number of pyridine rings is 1. The van der Waals surface area contributed by atoms with Gasteiger partial charge in [-0.25, -0.2) is 4.39 Å². The van der Waals surface area contributed by atoms with Gasteiger partial charge in [0.1, 0.15) is 5.82 Å². The molecule has 5 nitrogen and oxygen atoms in total. The zero-order valence-electron chi connectivity index (χ0n) is 18.5. The topological polar surface area (TPSA) is 48.1 Å². The molecule has 7 heteroatoms. The van der Waals surface area contributed by atoms with E-state index in [0.29, 0.717) is 0 Å². The minimum absolute atomic E-state index is 0. The average Bonchev–Trinajstić information content (AvgIpc) is 3.26. The van der Waals surface area contributed by atoms with Crippen molar-refractivity contribution in [3.63, 3.8) is 0 Å². The zero-order valence-corrected chi connectivity index (χ0v) is 19.3. The van der Waals surface area contributed by atoms with Crippen LogP contribution in [0.1, 0.15) is 22.9 Å². The number of aromatic nitrogens is 3. The van der Waals surface area contributed by atoms with Gasteiger partial charge < -0.3 is 4.90 Å². The van der Waals surface area contributed by atoms with Gasteiger partial charge in [-0.15, -0.1) is 12.4 Å². The minimum atomic E-state index is -0.235. The van der Waals surface area contributed by atoms with E-state index >= 15 is 0 Å². The van der Waals surface area contributed by atoms with Crippen LogP contribution in [0.15, 0.2) is 79.1 Å². The summed E-state index contributed by atoms with van der Waals surface area (Å²) in [6, 6.07) is 21.4. The third-order valence-electron chi connectivity index (χ3n) is 6.20. The van der Waals surface area contributed by atoms with Gasteiger partial charge >= 0.3 is 0 Å². The Labute approximate surface area is 199 Å². The first-order chi connectivity index (χ1) is 15.7. The standard InChI is InChI=1S/C26H26FN5.ClH/c1-19-23(18-29-30-19)26(21-6-3-2-4-7-21)32-16-14-31(15-17-32)24-8-5-13-28-25(24)20-9-11-22(27)12-10-20;/h2-13,18,26H,14-17H2,1H3,(H,29,30);1H. The number of hydrogen-bond donors (Lipinski definition) is 1. The molecule has 1 fully saturated rings. The molecule has 2 aromatic carbocycles. The summed E-state index contributed by atoms with van der Waals surface area (Å²) < 4.78 is 13.4. The fraction of sp³-hybridized carbons (Fsp3) is 0.231. The Bertz CT molecular complexity index is 1170. The third-order valence-corrected chi connectivity index (χ3v) is 6.20. The predicted octanol–water partition coefficient (Wildman–Crippen LogP) is 5.25. The maximum atomic E-state index is 13.4. The van der Waals surface area contributed by atoms with E-state index in [4.69, 9.17) is 0 Å². The van der Waals surface area contributed by atoms with Gasteiger partial charge in [0, 0.05) is 49.2 Å². The van der Waals surface area contributed by atoms with Crippen LogP contribution in [0.5, 0.6) is 0 Å². The summed E-state index contributed by atoms with van der Waals surface area (Å²) >= 11 is 0. The third kappa shape index (κ3) is 4.77. The van der Waals surface area contributed by atoms with Gasteiger partial charge in [0.15, 0.2) is 0 Å². The molecule has 170 valence electrons. The molecule has 2 aromatic heterocycles. The lowest BCUT2D eigenvalue weighted by Gasteiger charge is -2.40. The van der Waals surface area contributed by atoms with Crippen molar-refractivity contribution in [2.24, 2.45) is 0 Å². The molecular formula is C26H27ClFN5. The number of hydrogen-bond acceptors (Lipinski definition) is 4. The van der Waals surface area contributed by atoms with Crippen LogP contribution in [0.3, 0.4) is 0 Å². The molecule has 0 saturated carbocycles. The van der Waals surface area contributed by atoms with Gasteiger partial charge in [-0.05, 0) is 48.9 Å². The minimum Gasteiger partial charge on any atom is -0.367 e. The van der Waals surface area contributed by atoms with Gasteiger partial charge in [-0.1, -0.05) is 30.3 Å². The molecule has 1 unspecified atom stereocenters. The summed E-state index contributed by atoms with van der Waals surface area (Å²) in [5, 5.41) is 7.38. The molecule has 1 N–H and O–H groups in total. The Morgan fingerprint density at radius 3 is 2.30 bits per heavy atom. The number of aryl methyl sites for hydroxylation is 1. The molecule has 1 aliphatic rings. The van der Waals surface area contributed by atoms with Crippen LogP contribution >= 0.6 is 12.4 Å². The van der Waals surface area contributed by atoms with Crippen LogP contribution in [0.25, 0.3) is 11.3 Å². The van der Waals surface area contributed by atoms with Crippen molar-refractivity contribution in [2.45, 2.75) is 13.0 Å². The molecule has 1 saturated heterocycles. The van der Waals surface area contributed by atoms with Crippen molar-refractivity contribution in [3.8, 4) is 11.3 Å². The normalized spacial score (nSPS) is 15.2. The first-order valence-corrected chi connectivity index (χ1v) is 11.0. The molecule has 0 amide bonds. The van der Waals surface area contributed by atoms with Crippen molar-refractivity contribution in [3.05, 3.63) is 102 Å². The lowest BCUT2D eigenvalue weighted by atomic mass is 9.97. The van der Waals surface area contributed by atoms with Crippen molar-refractivity contribution in [2.75, 3.05) is 31.1 Å². The summed E-state index contributed by atoms with van der Waals surface area (Å²) in [5.74, 6) is -0.235. The molecule has 0 aliphatic carbocycles. The molecule has 0 spiro atoms. The van der Waals surface area contributed by atoms with Crippen LogP contribution in [-0.2, 0) is 0 Å². The number of nitrogens with one attached hydrogen (secondary N) is 1. The molecular weight excluding hydrogens is 437 g/mol. The highest BCUT2D eigenvalue weighted by molar-refractivity contribution is 5.85. The average molecular weight is 464 g/mol. The summed E-state index contributed by atoms with van der Waals surface area (Å²) in [6.45, 7) is 5.70. The maximum absolute atomic E-state index is 13.4. The van der Waals surface area contributed by atoms with Gasteiger partial charge in [0.05, 0.1) is 23.6 Å². The Morgan fingerprint density at radius 1 is 0.909 bits per heavy atom. The monoisotopic (exact) mass is 463 g/mol. The van der Waals surface area contributed by atoms with E-state index in [2.05, 4.69) is 68.3 Å². The van der Waals surface area contributed by atoms with Gasteiger partial charge in [0.25, 0.3) is 0 Å². The second-order valence-electron chi connectivity index (χ2n) is 8.16. The second kappa shape index (κ2) is 10.1. The Hall–Kier alpha value is -3.22. The quantitative estimate of drug-likeness (QED) is 0.439. The van der Waals surface area contributed by atoms with Crippen LogP contribution in [0.2, 0.25) is 0 Å². The van der Waals surface area contributed by atoms with Crippen molar-refractivity contribution in [1.29, 1.82) is 0 Å². The number of halogens is 2. The fourth-order valence-electron chi connectivity index (χ4n) is 4.56. The van der Waals surface area contributed by atoms with E-state index in [-0.39, 0.29) is 24.3 Å². The largest absolute Gasteiger partial charge is 0.367 e. The number of piperazine rings is 1. The second-order valence-corrected chi connectivity index (χ2v) is 8.16. The molecule has 0 bridgehead atoms.